The molecule has 0 radical (unpaired) electrons. The smallest absolute Gasteiger partial charge is 0.105 e. The number of rotatable bonds is 5. The van der Waals surface area contributed by atoms with Crippen molar-refractivity contribution in [1.29, 1.82) is 0 Å². The van der Waals surface area contributed by atoms with E-state index in [0.717, 1.165) is 18.4 Å². The third kappa shape index (κ3) is 2.00. The molecule has 0 heterocycles. The first-order valence-corrected chi connectivity index (χ1v) is 6.01. The van der Waals surface area contributed by atoms with Gasteiger partial charge in [0, 0.05) is 0 Å². The monoisotopic (exact) mass is 221 g/mol. The van der Waals surface area contributed by atoms with Crippen molar-refractivity contribution in [2.24, 2.45) is 0 Å². The zero-order valence-corrected chi connectivity index (χ0v) is 10.7. The van der Waals surface area contributed by atoms with Crippen molar-refractivity contribution >= 4 is 0 Å². The lowest BCUT2D eigenvalue weighted by Gasteiger charge is -2.45. The molecule has 2 heteroatoms. The summed E-state index contributed by atoms with van der Waals surface area (Å²) in [5.41, 5.74) is -0.158. The van der Waals surface area contributed by atoms with E-state index in [-0.39, 0.29) is 5.54 Å². The van der Waals surface area contributed by atoms with Gasteiger partial charge in [-0.15, -0.1) is 0 Å². The highest BCUT2D eigenvalue weighted by Crippen LogP contribution is 2.37. The number of nitrogens with one attached hydrogen (secondary N) is 1. The molecule has 0 saturated carbocycles. The Hall–Kier alpha value is -0.860. The summed E-state index contributed by atoms with van der Waals surface area (Å²) >= 11 is 0. The molecule has 1 atom stereocenters. The Bertz CT molecular complexity index is 307. The minimum absolute atomic E-state index is 0.269. The second kappa shape index (κ2) is 4.98. The fourth-order valence-electron chi connectivity index (χ4n) is 2.57. The van der Waals surface area contributed by atoms with E-state index in [1.165, 1.54) is 0 Å². The largest absolute Gasteiger partial charge is 0.384 e. The van der Waals surface area contributed by atoms with Crippen LogP contribution in [-0.2, 0) is 5.60 Å². The van der Waals surface area contributed by atoms with E-state index in [1.54, 1.807) is 0 Å². The van der Waals surface area contributed by atoms with Crippen LogP contribution in [0.15, 0.2) is 30.3 Å². The summed E-state index contributed by atoms with van der Waals surface area (Å²) in [5, 5.41) is 14.1. The summed E-state index contributed by atoms with van der Waals surface area (Å²) in [7, 11) is 1.92. The molecule has 0 spiro atoms. The molecule has 0 aliphatic heterocycles. The molecule has 0 fully saturated rings. The van der Waals surface area contributed by atoms with Gasteiger partial charge in [-0.3, -0.25) is 0 Å². The Kier molecular flexibility index (Phi) is 4.11. The average Bonchev–Trinajstić information content (AvgIpc) is 2.33. The minimum Gasteiger partial charge on any atom is -0.384 e. The van der Waals surface area contributed by atoms with E-state index >= 15 is 0 Å². The maximum Gasteiger partial charge on any atom is 0.105 e. The van der Waals surface area contributed by atoms with Gasteiger partial charge in [0.25, 0.3) is 0 Å². The summed E-state index contributed by atoms with van der Waals surface area (Å²) < 4.78 is 0. The van der Waals surface area contributed by atoms with Crippen LogP contribution >= 0.6 is 0 Å². The Balaban J connectivity index is 3.18. The molecule has 0 bridgehead atoms. The molecule has 1 unspecified atom stereocenters. The number of benzene rings is 1. The van der Waals surface area contributed by atoms with E-state index in [9.17, 15) is 5.11 Å². The highest BCUT2D eigenvalue weighted by Gasteiger charge is 2.44. The maximum absolute atomic E-state index is 10.8. The summed E-state index contributed by atoms with van der Waals surface area (Å²) in [6.07, 6.45) is 1.78. The molecule has 0 aliphatic carbocycles. The fourth-order valence-corrected chi connectivity index (χ4v) is 2.57. The quantitative estimate of drug-likeness (QED) is 0.801. The number of hydrogen-bond acceptors (Lipinski definition) is 2. The standard InChI is InChI=1S/C14H23NO/c1-5-14(6-2,15-4)13(3,16)12-10-8-7-9-11-12/h7-11,15-16H,5-6H2,1-4H3. The molecule has 0 amide bonds. The highest BCUT2D eigenvalue weighted by molar-refractivity contribution is 5.26. The molecular formula is C14H23NO. The van der Waals surface area contributed by atoms with Gasteiger partial charge < -0.3 is 10.4 Å². The van der Waals surface area contributed by atoms with Crippen LogP contribution in [0.1, 0.15) is 39.2 Å². The van der Waals surface area contributed by atoms with Gasteiger partial charge in [-0.05, 0) is 32.4 Å². The third-order valence-electron chi connectivity index (χ3n) is 3.95. The molecule has 1 aromatic carbocycles. The van der Waals surface area contributed by atoms with Crippen LogP contribution < -0.4 is 5.32 Å². The zero-order chi connectivity index (χ0) is 12.2. The second-order valence-electron chi connectivity index (χ2n) is 4.48. The fraction of sp³-hybridized carbons (Fsp3) is 0.571. The van der Waals surface area contributed by atoms with Crippen LogP contribution in [0.2, 0.25) is 0 Å². The van der Waals surface area contributed by atoms with Gasteiger partial charge in [0.05, 0.1) is 5.54 Å². The summed E-state index contributed by atoms with van der Waals surface area (Å²) in [4.78, 5) is 0. The third-order valence-corrected chi connectivity index (χ3v) is 3.95. The molecule has 1 rings (SSSR count). The van der Waals surface area contributed by atoms with Crippen LogP contribution in [0, 0.1) is 0 Å². The molecule has 2 N–H and O–H groups in total. The van der Waals surface area contributed by atoms with E-state index < -0.39 is 5.60 Å². The lowest BCUT2D eigenvalue weighted by molar-refractivity contribution is -0.0450. The molecule has 16 heavy (non-hydrogen) atoms. The number of likely N-dealkylation sites (N-methyl/N-ethyl adjacent to an activating group) is 1. The maximum atomic E-state index is 10.8. The van der Waals surface area contributed by atoms with Crippen LogP contribution in [0.25, 0.3) is 0 Å². The van der Waals surface area contributed by atoms with E-state index in [4.69, 9.17) is 0 Å². The normalized spacial score (nSPS) is 15.8. The first kappa shape index (κ1) is 13.2. The topological polar surface area (TPSA) is 32.3 Å². The second-order valence-corrected chi connectivity index (χ2v) is 4.48. The SMILES string of the molecule is CCC(CC)(NC)C(C)(O)c1ccccc1. The Morgan fingerprint density at radius 3 is 2.00 bits per heavy atom. The van der Waals surface area contributed by atoms with Gasteiger partial charge >= 0.3 is 0 Å². The van der Waals surface area contributed by atoms with Gasteiger partial charge in [-0.25, -0.2) is 0 Å². The zero-order valence-electron chi connectivity index (χ0n) is 10.7. The van der Waals surface area contributed by atoms with Crippen molar-refractivity contribution in [1.82, 2.24) is 5.32 Å². The lowest BCUT2D eigenvalue weighted by atomic mass is 9.73. The highest BCUT2D eigenvalue weighted by atomic mass is 16.3. The van der Waals surface area contributed by atoms with Crippen LogP contribution in [-0.4, -0.2) is 17.7 Å². The first-order chi connectivity index (χ1) is 7.54. The Morgan fingerprint density at radius 1 is 1.12 bits per heavy atom. The van der Waals surface area contributed by atoms with Crippen LogP contribution in [0.3, 0.4) is 0 Å². The van der Waals surface area contributed by atoms with E-state index in [1.807, 2.05) is 44.3 Å². The predicted octanol–water partition coefficient (Wildman–Crippen LogP) is 2.67. The summed E-state index contributed by atoms with van der Waals surface area (Å²) in [6, 6.07) is 9.87. The molecule has 0 aliphatic rings. The molecular weight excluding hydrogens is 198 g/mol. The van der Waals surface area contributed by atoms with Crippen molar-refractivity contribution in [3.63, 3.8) is 0 Å². The number of hydrogen-bond donors (Lipinski definition) is 2. The van der Waals surface area contributed by atoms with Gasteiger partial charge in [0.1, 0.15) is 5.60 Å². The number of aliphatic hydroxyl groups is 1. The average molecular weight is 221 g/mol. The molecule has 2 nitrogen and oxygen atoms in total. The first-order valence-electron chi connectivity index (χ1n) is 6.01. The lowest BCUT2D eigenvalue weighted by Crippen LogP contribution is -2.57. The van der Waals surface area contributed by atoms with Crippen LogP contribution in [0.5, 0.6) is 0 Å². The van der Waals surface area contributed by atoms with Crippen LogP contribution in [0.4, 0.5) is 0 Å². The van der Waals surface area contributed by atoms with Crippen molar-refractivity contribution < 1.29 is 5.11 Å². The Morgan fingerprint density at radius 2 is 1.62 bits per heavy atom. The van der Waals surface area contributed by atoms with Crippen molar-refractivity contribution in [2.45, 2.75) is 44.8 Å². The Labute approximate surface area is 98.7 Å². The predicted molar refractivity (Wildman–Crippen MR) is 68.4 cm³/mol. The van der Waals surface area contributed by atoms with Gasteiger partial charge in [-0.2, -0.15) is 0 Å². The molecule has 90 valence electrons. The summed E-state index contributed by atoms with van der Waals surface area (Å²) in [5.74, 6) is 0. The van der Waals surface area contributed by atoms with Crippen molar-refractivity contribution in [3.05, 3.63) is 35.9 Å². The van der Waals surface area contributed by atoms with E-state index in [0.29, 0.717) is 0 Å². The molecule has 0 aromatic heterocycles. The van der Waals surface area contributed by atoms with E-state index in [2.05, 4.69) is 19.2 Å². The van der Waals surface area contributed by atoms with Gasteiger partial charge in [0.2, 0.25) is 0 Å². The molecule has 0 saturated heterocycles. The van der Waals surface area contributed by atoms with Gasteiger partial charge in [-0.1, -0.05) is 44.2 Å². The van der Waals surface area contributed by atoms with Gasteiger partial charge in [0.15, 0.2) is 0 Å². The summed E-state index contributed by atoms with van der Waals surface area (Å²) in [6.45, 7) is 6.11. The van der Waals surface area contributed by atoms with Crippen molar-refractivity contribution in [3.8, 4) is 0 Å². The minimum atomic E-state index is -0.855. The molecule has 1 aromatic rings. The van der Waals surface area contributed by atoms with Crippen molar-refractivity contribution in [2.75, 3.05) is 7.05 Å².